The first-order valence-corrected chi connectivity index (χ1v) is 11.0. The number of oxazole rings is 1. The lowest BCUT2D eigenvalue weighted by Crippen LogP contribution is -2.32. The number of amides is 1. The molecule has 4 heterocycles. The van der Waals surface area contributed by atoms with Crippen molar-refractivity contribution < 1.29 is 9.21 Å². The Morgan fingerprint density at radius 2 is 2.03 bits per heavy atom. The van der Waals surface area contributed by atoms with Gasteiger partial charge < -0.3 is 4.42 Å². The van der Waals surface area contributed by atoms with Crippen LogP contribution in [0.25, 0.3) is 11.1 Å². The molecule has 1 aromatic carbocycles. The molecule has 0 unspecified atom stereocenters. The van der Waals surface area contributed by atoms with E-state index in [2.05, 4.69) is 5.10 Å². The summed E-state index contributed by atoms with van der Waals surface area (Å²) in [5.41, 5.74) is 1.76. The number of aromatic nitrogens is 1. The van der Waals surface area contributed by atoms with Crippen LogP contribution in [0.5, 0.6) is 0 Å². The minimum absolute atomic E-state index is 0.156. The van der Waals surface area contributed by atoms with Crippen LogP contribution in [-0.4, -0.2) is 21.2 Å². The average molecular weight is 444 g/mol. The van der Waals surface area contributed by atoms with Crippen LogP contribution in [0.15, 0.2) is 67.5 Å². The lowest BCUT2D eigenvalue weighted by Gasteiger charge is -2.20. The van der Waals surface area contributed by atoms with Crippen LogP contribution in [0.4, 0.5) is 0 Å². The molecule has 0 aliphatic carbocycles. The number of rotatable bonds is 4. The molecule has 1 aliphatic rings. The molecular weight excluding hydrogens is 430 g/mol. The lowest BCUT2D eigenvalue weighted by molar-refractivity contribution is -0.133. The third-order valence-corrected chi connectivity index (χ3v) is 6.89. The molecule has 0 bridgehead atoms. The molecule has 1 aliphatic heterocycles. The van der Waals surface area contributed by atoms with Crippen LogP contribution in [0.2, 0.25) is 5.02 Å². The minimum atomic E-state index is -0.593. The Morgan fingerprint density at radius 1 is 1.21 bits per heavy atom. The molecule has 1 amide bonds. The van der Waals surface area contributed by atoms with E-state index in [0.717, 1.165) is 15.5 Å². The molecule has 6 nitrogen and oxygen atoms in total. The number of carbonyl (C=O) groups excluding carboxylic acids is 1. The fourth-order valence-electron chi connectivity index (χ4n) is 3.43. The minimum Gasteiger partial charge on any atom is -0.408 e. The van der Waals surface area contributed by atoms with Gasteiger partial charge >= 0.3 is 5.76 Å². The Labute approximate surface area is 178 Å². The van der Waals surface area contributed by atoms with E-state index in [0.29, 0.717) is 22.5 Å². The fourth-order valence-corrected chi connectivity index (χ4v) is 5.13. The van der Waals surface area contributed by atoms with Gasteiger partial charge in [0.05, 0.1) is 22.1 Å². The van der Waals surface area contributed by atoms with Gasteiger partial charge in [-0.2, -0.15) is 5.10 Å². The zero-order valence-electron chi connectivity index (χ0n) is 14.9. The number of hydrogen-bond donors (Lipinski definition) is 0. The Hall–Kier alpha value is -2.68. The lowest BCUT2D eigenvalue weighted by atomic mass is 10.1. The largest absolute Gasteiger partial charge is 0.420 e. The van der Waals surface area contributed by atoms with E-state index in [1.54, 1.807) is 40.9 Å². The second-order valence-electron chi connectivity index (χ2n) is 6.56. The third-order valence-electron chi connectivity index (χ3n) is 4.77. The van der Waals surface area contributed by atoms with Crippen molar-refractivity contribution in [2.75, 3.05) is 0 Å². The number of thiophene rings is 2. The predicted octanol–water partition coefficient (Wildman–Crippen LogP) is 4.75. The van der Waals surface area contributed by atoms with E-state index >= 15 is 0 Å². The van der Waals surface area contributed by atoms with Crippen molar-refractivity contribution in [3.8, 4) is 0 Å². The van der Waals surface area contributed by atoms with Gasteiger partial charge in [0.1, 0.15) is 6.54 Å². The van der Waals surface area contributed by atoms with Crippen LogP contribution in [-0.2, 0) is 11.3 Å². The Bertz CT molecular complexity index is 1270. The normalized spacial score (nSPS) is 16.5. The van der Waals surface area contributed by atoms with Crippen LogP contribution < -0.4 is 5.76 Å². The molecule has 5 rings (SSSR count). The highest BCUT2D eigenvalue weighted by atomic mass is 35.5. The fraction of sp³-hybridized carbons (Fsp3) is 0.150. The first kappa shape index (κ1) is 18.4. The van der Waals surface area contributed by atoms with Gasteiger partial charge in [0, 0.05) is 22.4 Å². The predicted molar refractivity (Wildman–Crippen MR) is 115 cm³/mol. The third kappa shape index (κ3) is 3.33. The molecule has 0 N–H and O–H groups in total. The first-order chi connectivity index (χ1) is 14.1. The molecule has 0 radical (unpaired) electrons. The van der Waals surface area contributed by atoms with Crippen molar-refractivity contribution in [1.29, 1.82) is 0 Å². The Kier molecular flexibility index (Phi) is 4.61. The van der Waals surface area contributed by atoms with E-state index in [4.69, 9.17) is 16.0 Å². The summed E-state index contributed by atoms with van der Waals surface area (Å²) in [6.07, 6.45) is 0.642. The maximum Gasteiger partial charge on any atom is 0.420 e. The van der Waals surface area contributed by atoms with Gasteiger partial charge in [-0.05, 0) is 35.0 Å². The summed E-state index contributed by atoms with van der Waals surface area (Å²) in [6, 6.07) is 12.7. The van der Waals surface area contributed by atoms with Crippen molar-refractivity contribution in [3.05, 3.63) is 78.6 Å². The summed E-state index contributed by atoms with van der Waals surface area (Å²) in [5, 5.41) is 10.6. The van der Waals surface area contributed by atoms with Gasteiger partial charge in [0.2, 0.25) is 0 Å². The van der Waals surface area contributed by atoms with Gasteiger partial charge in [-0.3, -0.25) is 9.36 Å². The summed E-state index contributed by atoms with van der Waals surface area (Å²) < 4.78 is 6.56. The molecule has 0 saturated heterocycles. The van der Waals surface area contributed by atoms with Gasteiger partial charge in [-0.1, -0.05) is 23.7 Å². The standard InChI is InChI=1S/C20H14ClN3O3S2/c21-12-5-6-14-16(9-12)27-20(26)23(14)11-19(25)24-15(18-4-2-8-29-18)10-13(22-24)17-3-1-7-28-17/h1-9,15H,10-11H2/t15-/m1/s1. The smallest absolute Gasteiger partial charge is 0.408 e. The highest BCUT2D eigenvalue weighted by Gasteiger charge is 2.34. The molecule has 9 heteroatoms. The van der Waals surface area contributed by atoms with E-state index in [-0.39, 0.29) is 18.5 Å². The number of nitrogens with zero attached hydrogens (tertiary/aromatic N) is 3. The van der Waals surface area contributed by atoms with Crippen molar-refractivity contribution >= 4 is 57.0 Å². The molecule has 0 fully saturated rings. The highest BCUT2D eigenvalue weighted by molar-refractivity contribution is 7.12. The maximum absolute atomic E-state index is 13.2. The average Bonchev–Trinajstić information content (AvgIpc) is 3.48. The summed E-state index contributed by atoms with van der Waals surface area (Å²) in [5.74, 6) is -0.861. The number of benzene rings is 1. The quantitative estimate of drug-likeness (QED) is 0.457. The molecule has 1 atom stereocenters. The monoisotopic (exact) mass is 443 g/mol. The second-order valence-corrected chi connectivity index (χ2v) is 8.93. The highest BCUT2D eigenvalue weighted by Crippen LogP contribution is 2.36. The summed E-state index contributed by atoms with van der Waals surface area (Å²) >= 11 is 9.16. The van der Waals surface area contributed by atoms with E-state index < -0.39 is 5.76 Å². The Morgan fingerprint density at radius 3 is 2.79 bits per heavy atom. The molecule has 0 saturated carbocycles. The second kappa shape index (κ2) is 7.29. The zero-order valence-corrected chi connectivity index (χ0v) is 17.3. The number of hydrazone groups is 1. The summed E-state index contributed by atoms with van der Waals surface area (Å²) in [6.45, 7) is -0.156. The number of hydrogen-bond acceptors (Lipinski definition) is 6. The van der Waals surface area contributed by atoms with Crippen LogP contribution in [0, 0.1) is 0 Å². The zero-order chi connectivity index (χ0) is 20.0. The SMILES string of the molecule is O=C(Cn1c(=O)oc2cc(Cl)ccc21)N1N=C(c2cccs2)C[C@@H]1c1cccs1. The Balaban J connectivity index is 1.50. The van der Waals surface area contributed by atoms with Crippen molar-refractivity contribution in [2.45, 2.75) is 19.0 Å². The number of fused-ring (bicyclic) bond motifs is 1. The molecule has 4 aromatic rings. The van der Waals surface area contributed by atoms with Gasteiger partial charge in [0.15, 0.2) is 5.58 Å². The number of halogens is 1. The van der Waals surface area contributed by atoms with Crippen molar-refractivity contribution in [2.24, 2.45) is 5.10 Å². The molecule has 0 spiro atoms. The van der Waals surface area contributed by atoms with Crippen LogP contribution >= 0.6 is 34.3 Å². The van der Waals surface area contributed by atoms with Gasteiger partial charge in [0.25, 0.3) is 5.91 Å². The van der Waals surface area contributed by atoms with Crippen LogP contribution in [0.3, 0.4) is 0 Å². The first-order valence-electron chi connectivity index (χ1n) is 8.86. The summed E-state index contributed by atoms with van der Waals surface area (Å²) in [7, 11) is 0. The number of carbonyl (C=O) groups is 1. The van der Waals surface area contributed by atoms with Crippen molar-refractivity contribution in [1.82, 2.24) is 9.58 Å². The molecule has 3 aromatic heterocycles. The summed E-state index contributed by atoms with van der Waals surface area (Å²) in [4.78, 5) is 27.6. The van der Waals surface area contributed by atoms with E-state index in [1.165, 1.54) is 9.58 Å². The molecule has 29 heavy (non-hydrogen) atoms. The van der Waals surface area contributed by atoms with Gasteiger partial charge in [-0.15, -0.1) is 22.7 Å². The topological polar surface area (TPSA) is 67.8 Å². The maximum atomic E-state index is 13.2. The molecular formula is C20H14ClN3O3S2. The molecule has 146 valence electrons. The van der Waals surface area contributed by atoms with Crippen LogP contribution in [0.1, 0.15) is 22.2 Å². The van der Waals surface area contributed by atoms with E-state index in [1.807, 2.05) is 35.0 Å². The van der Waals surface area contributed by atoms with E-state index in [9.17, 15) is 9.59 Å². The van der Waals surface area contributed by atoms with Gasteiger partial charge in [-0.25, -0.2) is 9.80 Å². The van der Waals surface area contributed by atoms with Crippen molar-refractivity contribution in [3.63, 3.8) is 0 Å².